The second kappa shape index (κ2) is 12.1. The first-order chi connectivity index (χ1) is 19.0. The Morgan fingerprint density at radius 1 is 0.872 bits per heavy atom. The highest BCUT2D eigenvalue weighted by Gasteiger charge is 2.17. The van der Waals surface area contributed by atoms with Gasteiger partial charge in [-0.05, 0) is 25.5 Å². The van der Waals surface area contributed by atoms with Gasteiger partial charge in [0, 0.05) is 34.2 Å². The third kappa shape index (κ3) is 6.43. The molecule has 0 aliphatic carbocycles. The van der Waals surface area contributed by atoms with E-state index in [1.807, 2.05) is 104 Å². The van der Waals surface area contributed by atoms with E-state index in [0.29, 0.717) is 21.5 Å². The second-order valence-electron chi connectivity index (χ2n) is 9.13. The number of carbonyl (C=O) groups is 1. The van der Waals surface area contributed by atoms with Gasteiger partial charge in [-0.15, -0.1) is 23.1 Å². The van der Waals surface area contributed by atoms with Crippen LogP contribution >= 0.6 is 23.1 Å². The first kappa shape index (κ1) is 26.4. The van der Waals surface area contributed by atoms with Crippen molar-refractivity contribution >= 4 is 34.1 Å². The number of hydrogen-bond donors (Lipinski definition) is 1. The second-order valence-corrected chi connectivity index (χ2v) is 11.1. The van der Waals surface area contributed by atoms with Crippen LogP contribution in [0, 0.1) is 25.2 Å². The molecule has 0 radical (unpaired) electrons. The zero-order chi connectivity index (χ0) is 27.2. The van der Waals surface area contributed by atoms with E-state index in [9.17, 15) is 10.1 Å². The Hall–Kier alpha value is -4.25. The number of nitrogens with one attached hydrogen (secondary N) is 1. The Morgan fingerprint density at radius 3 is 2.18 bits per heavy atom. The molecule has 2 heterocycles. The van der Waals surface area contributed by atoms with Crippen LogP contribution in [0.2, 0.25) is 0 Å². The summed E-state index contributed by atoms with van der Waals surface area (Å²) in [6.45, 7) is 4.09. The molecule has 0 spiro atoms. The van der Waals surface area contributed by atoms with Gasteiger partial charge >= 0.3 is 0 Å². The summed E-state index contributed by atoms with van der Waals surface area (Å²) in [5.41, 5.74) is 8.29. The normalized spacial score (nSPS) is 10.7. The lowest BCUT2D eigenvalue weighted by molar-refractivity contribution is -0.115. The number of anilines is 1. The van der Waals surface area contributed by atoms with E-state index in [1.54, 1.807) is 0 Å². The van der Waals surface area contributed by atoms with E-state index < -0.39 is 0 Å². The van der Waals surface area contributed by atoms with Crippen LogP contribution in [0.25, 0.3) is 33.6 Å². The van der Waals surface area contributed by atoms with Gasteiger partial charge in [-0.25, -0.2) is 9.97 Å². The minimum absolute atomic E-state index is 0.121. The first-order valence-electron chi connectivity index (χ1n) is 12.5. The van der Waals surface area contributed by atoms with Gasteiger partial charge < -0.3 is 5.32 Å². The number of hydrogen-bond acceptors (Lipinski definition) is 6. The Balaban J connectivity index is 1.32. The minimum Gasteiger partial charge on any atom is -0.302 e. The number of rotatable bonds is 8. The number of nitrogens with zero attached hydrogens (tertiary/aromatic N) is 3. The van der Waals surface area contributed by atoms with Crippen molar-refractivity contribution in [3.63, 3.8) is 0 Å². The maximum absolute atomic E-state index is 12.7. The molecule has 1 amide bonds. The monoisotopic (exact) mass is 546 g/mol. The van der Waals surface area contributed by atoms with Crippen molar-refractivity contribution < 1.29 is 4.79 Å². The average Bonchev–Trinajstić information content (AvgIpc) is 3.42. The van der Waals surface area contributed by atoms with Crippen LogP contribution in [0.3, 0.4) is 0 Å². The fourth-order valence-corrected chi connectivity index (χ4v) is 5.74. The van der Waals surface area contributed by atoms with Crippen LogP contribution in [-0.4, -0.2) is 21.6 Å². The number of thioether (sulfide) groups is 1. The molecular weight excluding hydrogens is 521 g/mol. The molecule has 2 aromatic heterocycles. The lowest BCUT2D eigenvalue weighted by atomic mass is 9.98. The molecule has 0 bridgehead atoms. The predicted octanol–water partition coefficient (Wildman–Crippen LogP) is 8.15. The molecule has 0 atom stereocenters. The van der Waals surface area contributed by atoms with E-state index in [-0.39, 0.29) is 12.3 Å². The molecule has 0 aliphatic rings. The van der Waals surface area contributed by atoms with Crippen LogP contribution in [0.5, 0.6) is 0 Å². The summed E-state index contributed by atoms with van der Waals surface area (Å²) in [5.74, 6) is 0.360. The summed E-state index contributed by atoms with van der Waals surface area (Å²) in [7, 11) is 0. The maximum atomic E-state index is 12.7. The molecule has 0 saturated carbocycles. The SMILES string of the molecule is Cc1ccc(-c2csc(NC(=O)CCSc3nc(-c4ccccc4)cc(-c4ccc(C)cc4)c3C#N)n2)cc1. The van der Waals surface area contributed by atoms with Crippen molar-refractivity contribution in [1.82, 2.24) is 9.97 Å². The highest BCUT2D eigenvalue weighted by Crippen LogP contribution is 2.34. The topological polar surface area (TPSA) is 78.7 Å². The highest BCUT2D eigenvalue weighted by atomic mass is 32.2. The summed E-state index contributed by atoms with van der Waals surface area (Å²) in [6.07, 6.45) is 0.270. The van der Waals surface area contributed by atoms with Gasteiger partial charge in [-0.2, -0.15) is 5.26 Å². The van der Waals surface area contributed by atoms with E-state index in [2.05, 4.69) is 16.4 Å². The van der Waals surface area contributed by atoms with Gasteiger partial charge in [-0.3, -0.25) is 4.79 Å². The lowest BCUT2D eigenvalue weighted by Gasteiger charge is -2.13. The molecule has 5 rings (SSSR count). The highest BCUT2D eigenvalue weighted by molar-refractivity contribution is 7.99. The standard InChI is InChI=1S/C32H26N4OS2/c1-21-8-12-23(13-9-21)26-18-28(24-6-4-3-5-7-24)34-31(27(26)19-33)38-17-16-30(37)36-32-35-29(20-39-32)25-14-10-22(2)11-15-25/h3-15,18,20H,16-17H2,1-2H3,(H,35,36,37). The van der Waals surface area contributed by atoms with Gasteiger partial charge in [0.25, 0.3) is 0 Å². The van der Waals surface area contributed by atoms with Gasteiger partial charge in [0.1, 0.15) is 11.1 Å². The quantitative estimate of drug-likeness (QED) is 0.199. The molecule has 192 valence electrons. The molecule has 0 fully saturated rings. The van der Waals surface area contributed by atoms with E-state index in [1.165, 1.54) is 28.7 Å². The number of aromatic nitrogens is 2. The number of benzene rings is 3. The third-order valence-electron chi connectivity index (χ3n) is 6.20. The molecule has 3 aromatic carbocycles. The fraction of sp³-hybridized carbons (Fsp3) is 0.125. The van der Waals surface area contributed by atoms with Crippen LogP contribution in [-0.2, 0) is 4.79 Å². The summed E-state index contributed by atoms with van der Waals surface area (Å²) in [4.78, 5) is 22.1. The zero-order valence-corrected chi connectivity index (χ0v) is 23.3. The summed E-state index contributed by atoms with van der Waals surface area (Å²) in [6, 6.07) is 30.6. The maximum Gasteiger partial charge on any atom is 0.226 e. The number of aryl methyl sites for hydroxylation is 2. The largest absolute Gasteiger partial charge is 0.302 e. The number of nitriles is 1. The molecular formula is C32H26N4OS2. The minimum atomic E-state index is -0.121. The van der Waals surface area contributed by atoms with Crippen LogP contribution in [0.4, 0.5) is 5.13 Å². The first-order valence-corrected chi connectivity index (χ1v) is 14.4. The van der Waals surface area contributed by atoms with Crippen LogP contribution < -0.4 is 5.32 Å². The van der Waals surface area contributed by atoms with Crippen molar-refractivity contribution in [2.45, 2.75) is 25.3 Å². The van der Waals surface area contributed by atoms with Crippen molar-refractivity contribution in [3.05, 3.63) is 107 Å². The zero-order valence-electron chi connectivity index (χ0n) is 21.6. The molecule has 39 heavy (non-hydrogen) atoms. The molecule has 7 heteroatoms. The van der Waals surface area contributed by atoms with Gasteiger partial charge in [0.05, 0.1) is 17.0 Å². The van der Waals surface area contributed by atoms with Crippen LogP contribution in [0.1, 0.15) is 23.1 Å². The summed E-state index contributed by atoms with van der Waals surface area (Å²) < 4.78 is 0. The fourth-order valence-electron chi connectivity index (χ4n) is 4.06. The number of thiazole rings is 1. The Kier molecular flexibility index (Phi) is 8.16. The molecule has 5 aromatic rings. The lowest BCUT2D eigenvalue weighted by Crippen LogP contribution is -2.12. The van der Waals surface area contributed by atoms with E-state index >= 15 is 0 Å². The Labute approximate surface area is 236 Å². The van der Waals surface area contributed by atoms with Crippen molar-refractivity contribution in [2.75, 3.05) is 11.1 Å². The smallest absolute Gasteiger partial charge is 0.226 e. The van der Waals surface area contributed by atoms with Crippen molar-refractivity contribution in [1.29, 1.82) is 5.26 Å². The van der Waals surface area contributed by atoms with E-state index in [4.69, 9.17) is 4.98 Å². The number of pyridine rings is 1. The molecule has 0 unspecified atom stereocenters. The van der Waals surface area contributed by atoms with Crippen molar-refractivity contribution in [2.24, 2.45) is 0 Å². The summed E-state index contributed by atoms with van der Waals surface area (Å²) in [5, 5.41) is 16.2. The molecule has 5 nitrogen and oxygen atoms in total. The van der Waals surface area contributed by atoms with Gasteiger partial charge in [0.2, 0.25) is 5.91 Å². The molecule has 0 aliphatic heterocycles. The third-order valence-corrected chi connectivity index (χ3v) is 7.93. The number of amides is 1. The summed E-state index contributed by atoms with van der Waals surface area (Å²) >= 11 is 2.83. The van der Waals surface area contributed by atoms with Crippen molar-refractivity contribution in [3.8, 4) is 39.7 Å². The van der Waals surface area contributed by atoms with Gasteiger partial charge in [-0.1, -0.05) is 90.0 Å². The van der Waals surface area contributed by atoms with E-state index in [0.717, 1.165) is 39.2 Å². The number of carbonyl (C=O) groups excluding carboxylic acids is 1. The molecule has 1 N–H and O–H groups in total. The predicted molar refractivity (Wildman–Crippen MR) is 161 cm³/mol. The van der Waals surface area contributed by atoms with Crippen LogP contribution in [0.15, 0.2) is 95.3 Å². The molecule has 0 saturated heterocycles. The Morgan fingerprint density at radius 2 is 1.51 bits per heavy atom. The van der Waals surface area contributed by atoms with Gasteiger partial charge in [0.15, 0.2) is 5.13 Å². The average molecular weight is 547 g/mol. The Bertz CT molecular complexity index is 1640.